The van der Waals surface area contributed by atoms with Gasteiger partial charge in [0.15, 0.2) is 0 Å². The lowest BCUT2D eigenvalue weighted by atomic mass is 10.3. The van der Waals surface area contributed by atoms with E-state index < -0.39 is 19.8 Å². The molecule has 1 aromatic carbocycles. The van der Waals surface area contributed by atoms with E-state index in [-0.39, 0.29) is 10.9 Å². The van der Waals surface area contributed by atoms with Crippen LogP contribution >= 0.6 is 0 Å². The van der Waals surface area contributed by atoms with Gasteiger partial charge in [0.05, 0.1) is 15.9 Å². The lowest BCUT2D eigenvalue weighted by Gasteiger charge is -2.08. The van der Waals surface area contributed by atoms with E-state index in [1.165, 1.54) is 42.9 Å². The molecule has 0 aliphatic carbocycles. The number of anilines is 1. The molecule has 0 saturated heterocycles. The Kier molecular flexibility index (Phi) is 4.30. The molecule has 1 atom stereocenters. The molecule has 22 heavy (non-hydrogen) atoms. The molecule has 1 heterocycles. The molecule has 1 unspecified atom stereocenters. The fraction of sp³-hybridized carbons (Fsp3) is 0.308. The molecular weight excluding hydrogens is 324 g/mol. The minimum absolute atomic E-state index is 0.0676. The minimum Gasteiger partial charge on any atom is -0.280 e. The lowest BCUT2D eigenvalue weighted by molar-refractivity contribution is 0.531. The zero-order chi connectivity index (χ0) is 16.5. The zero-order valence-corrected chi connectivity index (χ0v) is 14.1. The van der Waals surface area contributed by atoms with Crippen molar-refractivity contribution in [2.24, 2.45) is 0 Å². The normalized spacial score (nSPS) is 14.7. The molecule has 2 aromatic rings. The van der Waals surface area contributed by atoms with Gasteiger partial charge in [-0.2, -0.15) is 5.10 Å². The van der Waals surface area contributed by atoms with Crippen LogP contribution in [0.3, 0.4) is 0 Å². The molecule has 0 aliphatic heterocycles. The fourth-order valence-corrected chi connectivity index (χ4v) is 3.39. The van der Waals surface area contributed by atoms with E-state index in [0.29, 0.717) is 10.6 Å². The van der Waals surface area contributed by atoms with Crippen LogP contribution < -0.4 is 4.72 Å². The zero-order valence-electron chi connectivity index (χ0n) is 12.5. The predicted molar refractivity (Wildman–Crippen MR) is 84.9 cm³/mol. The molecule has 2 N–H and O–H groups in total. The van der Waals surface area contributed by atoms with Crippen molar-refractivity contribution in [3.8, 4) is 0 Å². The molecular formula is C13H18N4O3S2. The first-order valence-electron chi connectivity index (χ1n) is 6.50. The Balaban J connectivity index is 2.25. The van der Waals surface area contributed by atoms with Gasteiger partial charge >= 0.3 is 0 Å². The largest absolute Gasteiger partial charge is 0.280 e. The Bertz CT molecular complexity index is 866. The summed E-state index contributed by atoms with van der Waals surface area (Å²) >= 11 is 0. The van der Waals surface area contributed by atoms with E-state index in [2.05, 4.69) is 9.82 Å². The maximum Gasteiger partial charge on any atom is 0.265 e. The highest BCUT2D eigenvalue weighted by Gasteiger charge is 2.17. The number of rotatable bonds is 5. The van der Waals surface area contributed by atoms with E-state index >= 15 is 0 Å². The molecule has 120 valence electrons. The highest BCUT2D eigenvalue weighted by atomic mass is 32.2. The van der Waals surface area contributed by atoms with Crippen molar-refractivity contribution >= 4 is 25.4 Å². The van der Waals surface area contributed by atoms with Gasteiger partial charge in [-0.3, -0.25) is 9.40 Å². The smallest absolute Gasteiger partial charge is 0.265 e. The highest BCUT2D eigenvalue weighted by molar-refractivity contribution is 7.92. The topological polar surface area (TPSA) is 105 Å². The Hall–Kier alpha value is -1.87. The van der Waals surface area contributed by atoms with E-state index in [9.17, 15) is 12.6 Å². The van der Waals surface area contributed by atoms with Crippen molar-refractivity contribution in [2.45, 2.75) is 29.7 Å². The molecule has 0 bridgehead atoms. The van der Waals surface area contributed by atoms with Gasteiger partial charge < -0.3 is 0 Å². The van der Waals surface area contributed by atoms with Crippen molar-refractivity contribution in [1.29, 1.82) is 4.78 Å². The minimum atomic E-state index is -3.73. The average molecular weight is 342 g/mol. The molecule has 0 radical (unpaired) electrons. The Morgan fingerprint density at radius 3 is 2.18 bits per heavy atom. The predicted octanol–water partition coefficient (Wildman–Crippen LogP) is 2.30. The van der Waals surface area contributed by atoms with Gasteiger partial charge in [-0.05, 0) is 38.1 Å². The Labute approximate surface area is 130 Å². The second-order valence-corrected chi connectivity index (χ2v) is 9.06. The van der Waals surface area contributed by atoms with Crippen LogP contribution in [0.1, 0.15) is 19.9 Å². The maximum absolute atomic E-state index is 12.3. The molecule has 0 amide bonds. The van der Waals surface area contributed by atoms with E-state index in [1.807, 2.05) is 13.8 Å². The summed E-state index contributed by atoms with van der Waals surface area (Å²) in [5.41, 5.74) is 0.338. The summed E-state index contributed by atoms with van der Waals surface area (Å²) in [6.45, 7) is 3.80. The van der Waals surface area contributed by atoms with Gasteiger partial charge in [-0.15, -0.1) is 0 Å². The third kappa shape index (κ3) is 3.66. The molecule has 2 rings (SSSR count). The monoisotopic (exact) mass is 342 g/mol. The summed E-state index contributed by atoms with van der Waals surface area (Å²) in [5.74, 6) is 0. The molecule has 1 aromatic heterocycles. The molecule has 0 fully saturated rings. The summed E-state index contributed by atoms with van der Waals surface area (Å²) in [4.78, 5) is 0.424. The van der Waals surface area contributed by atoms with Gasteiger partial charge in [-0.1, -0.05) is 0 Å². The number of sulfonamides is 1. The molecule has 0 spiro atoms. The van der Waals surface area contributed by atoms with Crippen LogP contribution in [0.2, 0.25) is 0 Å². The van der Waals surface area contributed by atoms with E-state index in [1.54, 1.807) is 4.68 Å². The first-order chi connectivity index (χ1) is 10.1. The SMILES string of the molecule is CC(C)n1cc(S(=O)(=O)Nc2ccc(S(C)(=N)=O)cc2)cn1. The van der Waals surface area contributed by atoms with Gasteiger partial charge in [0, 0.05) is 29.1 Å². The summed E-state index contributed by atoms with van der Waals surface area (Å²) in [5, 5.41) is 4.00. The standard InChI is InChI=1S/C13H18N4O3S2/c1-10(2)17-9-13(8-15-17)22(19,20)16-11-4-6-12(7-5-11)21(3,14)18/h4-10,14,16H,1-3H3. The first-order valence-corrected chi connectivity index (χ1v) is 9.95. The van der Waals surface area contributed by atoms with Crippen molar-refractivity contribution < 1.29 is 12.6 Å². The van der Waals surface area contributed by atoms with Crippen LogP contribution in [0.5, 0.6) is 0 Å². The van der Waals surface area contributed by atoms with Crippen LogP contribution in [0.25, 0.3) is 0 Å². The van der Waals surface area contributed by atoms with Crippen LogP contribution in [-0.4, -0.2) is 28.7 Å². The quantitative estimate of drug-likeness (QED) is 0.869. The van der Waals surface area contributed by atoms with E-state index in [0.717, 1.165) is 0 Å². The van der Waals surface area contributed by atoms with Crippen molar-refractivity contribution in [3.63, 3.8) is 0 Å². The summed E-state index contributed by atoms with van der Waals surface area (Å²) in [6.07, 6.45) is 4.07. The Morgan fingerprint density at radius 2 is 1.73 bits per heavy atom. The number of nitrogens with zero attached hydrogens (tertiary/aromatic N) is 2. The maximum atomic E-state index is 12.3. The van der Waals surface area contributed by atoms with Crippen molar-refractivity contribution in [1.82, 2.24) is 9.78 Å². The second-order valence-electron chi connectivity index (χ2n) is 5.22. The molecule has 9 heteroatoms. The van der Waals surface area contributed by atoms with E-state index in [4.69, 9.17) is 4.78 Å². The number of benzene rings is 1. The lowest BCUT2D eigenvalue weighted by Crippen LogP contribution is -2.12. The van der Waals surface area contributed by atoms with Gasteiger partial charge in [0.1, 0.15) is 4.90 Å². The summed E-state index contributed by atoms with van der Waals surface area (Å²) in [6, 6.07) is 5.99. The number of nitrogens with one attached hydrogen (secondary N) is 2. The molecule has 7 nitrogen and oxygen atoms in total. The Morgan fingerprint density at radius 1 is 1.14 bits per heavy atom. The number of hydrogen-bond donors (Lipinski definition) is 2. The van der Waals surface area contributed by atoms with Crippen LogP contribution in [0.4, 0.5) is 5.69 Å². The highest BCUT2D eigenvalue weighted by Crippen LogP contribution is 2.19. The molecule has 0 saturated carbocycles. The fourth-order valence-electron chi connectivity index (χ4n) is 1.74. The van der Waals surface area contributed by atoms with Crippen LogP contribution in [0.15, 0.2) is 46.5 Å². The third-order valence-corrected chi connectivity index (χ3v) is 5.48. The molecule has 0 aliphatic rings. The summed E-state index contributed by atoms with van der Waals surface area (Å²) < 4.78 is 47.6. The number of aromatic nitrogens is 2. The average Bonchev–Trinajstić information content (AvgIpc) is 2.88. The first kappa shape index (κ1) is 16.5. The third-order valence-electron chi connectivity index (χ3n) is 2.97. The summed E-state index contributed by atoms with van der Waals surface area (Å²) in [7, 11) is -6.54. The van der Waals surface area contributed by atoms with Gasteiger partial charge in [0.2, 0.25) is 0 Å². The van der Waals surface area contributed by atoms with Gasteiger partial charge in [-0.25, -0.2) is 17.4 Å². The van der Waals surface area contributed by atoms with Crippen molar-refractivity contribution in [2.75, 3.05) is 11.0 Å². The number of hydrogen-bond acceptors (Lipinski definition) is 5. The second kappa shape index (κ2) is 5.73. The van der Waals surface area contributed by atoms with Gasteiger partial charge in [0.25, 0.3) is 10.0 Å². The van der Waals surface area contributed by atoms with Crippen LogP contribution in [-0.2, 0) is 19.8 Å². The van der Waals surface area contributed by atoms with Crippen LogP contribution in [0, 0.1) is 4.78 Å². The van der Waals surface area contributed by atoms with Crippen molar-refractivity contribution in [3.05, 3.63) is 36.7 Å².